The van der Waals surface area contributed by atoms with Gasteiger partial charge >= 0.3 is 0 Å². The maximum absolute atomic E-state index is 12.1. The van der Waals surface area contributed by atoms with Gasteiger partial charge in [0, 0.05) is 37.9 Å². The van der Waals surface area contributed by atoms with Crippen LogP contribution < -0.4 is 0 Å². The second kappa shape index (κ2) is 6.43. The minimum absolute atomic E-state index is 0.0191. The molecule has 1 heterocycles. The molecule has 7 nitrogen and oxygen atoms in total. The zero-order valence-electron chi connectivity index (χ0n) is 12.3. The number of carbonyl (C=O) groups is 1. The summed E-state index contributed by atoms with van der Waals surface area (Å²) in [6.07, 6.45) is 2.44. The average Bonchev–Trinajstić information content (AvgIpc) is 2.95. The minimum atomic E-state index is -3.11. The maximum atomic E-state index is 12.1. The van der Waals surface area contributed by atoms with E-state index in [4.69, 9.17) is 0 Å². The summed E-state index contributed by atoms with van der Waals surface area (Å²) in [4.78, 5) is 23.8. The van der Waals surface area contributed by atoms with Crippen LogP contribution in [0.3, 0.4) is 0 Å². The standard InChI is InChI=1S/C14H18N2O5S/c1-22(20,21)13-8-9-15(10-13)14(17)7-4-11-2-5-12(6-3-11)16(18)19/h2-3,5-6,13H,4,7-10H2,1H3. The molecule has 0 bridgehead atoms. The van der Waals surface area contributed by atoms with Gasteiger partial charge in [-0.25, -0.2) is 8.42 Å². The van der Waals surface area contributed by atoms with Crippen LogP contribution in [-0.2, 0) is 21.1 Å². The quantitative estimate of drug-likeness (QED) is 0.597. The second-order valence-electron chi connectivity index (χ2n) is 5.50. The summed E-state index contributed by atoms with van der Waals surface area (Å²) in [5, 5.41) is 10.1. The lowest BCUT2D eigenvalue weighted by molar-refractivity contribution is -0.384. The highest BCUT2D eigenvalue weighted by Crippen LogP contribution is 2.18. The highest BCUT2D eigenvalue weighted by molar-refractivity contribution is 7.91. The van der Waals surface area contributed by atoms with E-state index in [1.54, 1.807) is 17.0 Å². The first-order valence-electron chi connectivity index (χ1n) is 6.97. The summed E-state index contributed by atoms with van der Waals surface area (Å²) >= 11 is 0. The number of aryl methyl sites for hydroxylation is 1. The van der Waals surface area contributed by atoms with Gasteiger partial charge in [-0.1, -0.05) is 12.1 Å². The predicted molar refractivity (Wildman–Crippen MR) is 81.2 cm³/mol. The number of hydrogen-bond donors (Lipinski definition) is 0. The van der Waals surface area contributed by atoms with Gasteiger partial charge in [-0.05, 0) is 18.4 Å². The molecule has 1 aromatic carbocycles. The van der Waals surface area contributed by atoms with E-state index in [9.17, 15) is 23.3 Å². The molecule has 2 rings (SSSR count). The molecule has 1 unspecified atom stereocenters. The summed E-state index contributed by atoms with van der Waals surface area (Å²) < 4.78 is 22.9. The highest BCUT2D eigenvalue weighted by atomic mass is 32.2. The van der Waals surface area contributed by atoms with Gasteiger partial charge in [0.25, 0.3) is 5.69 Å². The van der Waals surface area contributed by atoms with E-state index in [0.29, 0.717) is 19.4 Å². The van der Waals surface area contributed by atoms with Crippen LogP contribution in [0, 0.1) is 10.1 Å². The Labute approximate surface area is 129 Å². The molecule has 0 saturated carbocycles. The summed E-state index contributed by atoms with van der Waals surface area (Å²) in [5.74, 6) is -0.0792. The molecule has 1 aliphatic rings. The maximum Gasteiger partial charge on any atom is 0.269 e. The number of rotatable bonds is 5. The fraction of sp³-hybridized carbons (Fsp3) is 0.500. The third kappa shape index (κ3) is 4.03. The van der Waals surface area contributed by atoms with E-state index in [0.717, 1.165) is 5.56 Å². The summed E-state index contributed by atoms with van der Waals surface area (Å²) in [7, 11) is -3.11. The van der Waals surface area contributed by atoms with E-state index in [1.165, 1.54) is 18.4 Å². The lowest BCUT2D eigenvalue weighted by Crippen LogP contribution is -2.31. The SMILES string of the molecule is CS(=O)(=O)C1CCN(C(=O)CCc2ccc([N+](=O)[O-])cc2)C1. The normalized spacial score (nSPS) is 18.4. The van der Waals surface area contributed by atoms with Gasteiger partial charge < -0.3 is 4.90 Å². The van der Waals surface area contributed by atoms with E-state index < -0.39 is 20.0 Å². The molecule has 0 spiro atoms. The van der Waals surface area contributed by atoms with Crippen molar-refractivity contribution in [2.45, 2.75) is 24.5 Å². The first-order chi connectivity index (χ1) is 10.3. The lowest BCUT2D eigenvalue weighted by Gasteiger charge is -2.16. The third-order valence-electron chi connectivity index (χ3n) is 3.88. The average molecular weight is 326 g/mol. The van der Waals surface area contributed by atoms with Gasteiger partial charge in [0.15, 0.2) is 9.84 Å². The van der Waals surface area contributed by atoms with Crippen LogP contribution in [-0.4, -0.2) is 48.7 Å². The number of amides is 1. The van der Waals surface area contributed by atoms with Crippen LogP contribution in [0.5, 0.6) is 0 Å². The molecule has 22 heavy (non-hydrogen) atoms. The number of carbonyl (C=O) groups excluding carboxylic acids is 1. The Morgan fingerprint density at radius 3 is 2.50 bits per heavy atom. The van der Waals surface area contributed by atoms with E-state index >= 15 is 0 Å². The van der Waals surface area contributed by atoms with Crippen LogP contribution in [0.4, 0.5) is 5.69 Å². The molecular weight excluding hydrogens is 308 g/mol. The summed E-state index contributed by atoms with van der Waals surface area (Å²) in [5.41, 5.74) is 0.864. The molecule has 0 aromatic heterocycles. The number of hydrogen-bond acceptors (Lipinski definition) is 5. The molecule has 1 saturated heterocycles. The van der Waals surface area contributed by atoms with E-state index in [1.807, 2.05) is 0 Å². The molecule has 0 radical (unpaired) electrons. The van der Waals surface area contributed by atoms with Gasteiger partial charge in [-0.2, -0.15) is 0 Å². The van der Waals surface area contributed by atoms with E-state index in [-0.39, 0.29) is 24.6 Å². The topological polar surface area (TPSA) is 97.6 Å². The van der Waals surface area contributed by atoms with Crippen molar-refractivity contribution in [2.24, 2.45) is 0 Å². The van der Waals surface area contributed by atoms with Crippen LogP contribution in [0.25, 0.3) is 0 Å². The largest absolute Gasteiger partial charge is 0.341 e. The monoisotopic (exact) mass is 326 g/mol. The zero-order valence-corrected chi connectivity index (χ0v) is 13.1. The van der Waals surface area contributed by atoms with Crippen molar-refractivity contribution in [3.8, 4) is 0 Å². The van der Waals surface area contributed by atoms with Crippen molar-refractivity contribution in [1.29, 1.82) is 0 Å². The molecule has 1 aliphatic heterocycles. The number of nitrogens with zero attached hydrogens (tertiary/aromatic N) is 2. The molecule has 0 N–H and O–H groups in total. The fourth-order valence-corrected chi connectivity index (χ4v) is 3.48. The third-order valence-corrected chi connectivity index (χ3v) is 5.47. The van der Waals surface area contributed by atoms with E-state index in [2.05, 4.69) is 0 Å². The minimum Gasteiger partial charge on any atom is -0.341 e. The Balaban J connectivity index is 1.87. The van der Waals surface area contributed by atoms with Crippen molar-refractivity contribution < 1.29 is 18.1 Å². The molecule has 1 fully saturated rings. The number of benzene rings is 1. The molecule has 120 valence electrons. The molecule has 8 heteroatoms. The Hall–Kier alpha value is -1.96. The van der Waals surface area contributed by atoms with Crippen molar-refractivity contribution in [1.82, 2.24) is 4.90 Å². The van der Waals surface area contributed by atoms with Gasteiger partial charge in [0.2, 0.25) is 5.91 Å². The Morgan fingerprint density at radius 2 is 2.00 bits per heavy atom. The first-order valence-corrected chi connectivity index (χ1v) is 8.93. The lowest BCUT2D eigenvalue weighted by atomic mass is 10.1. The first kappa shape index (κ1) is 16.4. The molecule has 0 aliphatic carbocycles. The van der Waals surface area contributed by atoms with Crippen molar-refractivity contribution >= 4 is 21.4 Å². The number of non-ortho nitro benzene ring substituents is 1. The van der Waals surface area contributed by atoms with Gasteiger partial charge in [0.05, 0.1) is 10.2 Å². The van der Waals surface area contributed by atoms with Crippen molar-refractivity contribution in [2.75, 3.05) is 19.3 Å². The molecular formula is C14H18N2O5S. The predicted octanol–water partition coefficient (Wildman–Crippen LogP) is 1.17. The number of likely N-dealkylation sites (tertiary alicyclic amines) is 1. The fourth-order valence-electron chi connectivity index (χ4n) is 2.50. The number of sulfone groups is 1. The molecule has 1 atom stereocenters. The number of nitro groups is 1. The second-order valence-corrected chi connectivity index (χ2v) is 7.83. The smallest absolute Gasteiger partial charge is 0.269 e. The Bertz CT molecular complexity index is 669. The number of nitro benzene ring substituents is 1. The van der Waals surface area contributed by atoms with Crippen molar-refractivity contribution in [3.05, 3.63) is 39.9 Å². The molecule has 1 amide bonds. The van der Waals surface area contributed by atoms with Crippen LogP contribution in [0.1, 0.15) is 18.4 Å². The summed E-state index contributed by atoms with van der Waals surface area (Å²) in [6, 6.07) is 6.09. The van der Waals surface area contributed by atoms with Crippen LogP contribution in [0.2, 0.25) is 0 Å². The Morgan fingerprint density at radius 1 is 1.36 bits per heavy atom. The Kier molecular flexibility index (Phi) is 4.80. The van der Waals surface area contributed by atoms with Gasteiger partial charge in [0.1, 0.15) is 0 Å². The van der Waals surface area contributed by atoms with Crippen LogP contribution in [0.15, 0.2) is 24.3 Å². The summed E-state index contributed by atoms with van der Waals surface area (Å²) in [6.45, 7) is 0.731. The highest BCUT2D eigenvalue weighted by Gasteiger charge is 2.32. The van der Waals surface area contributed by atoms with Gasteiger partial charge in [-0.3, -0.25) is 14.9 Å². The van der Waals surface area contributed by atoms with Crippen molar-refractivity contribution in [3.63, 3.8) is 0 Å². The van der Waals surface area contributed by atoms with Crippen LogP contribution >= 0.6 is 0 Å². The zero-order chi connectivity index (χ0) is 16.3. The molecule has 1 aromatic rings. The van der Waals surface area contributed by atoms with Gasteiger partial charge in [-0.15, -0.1) is 0 Å².